The first-order chi connectivity index (χ1) is 5.31. The predicted octanol–water partition coefficient (Wildman–Crippen LogP) is 3.08. The summed E-state index contributed by atoms with van der Waals surface area (Å²) in [6, 6.07) is 9.49. The van der Waals surface area contributed by atoms with Crippen molar-refractivity contribution < 1.29 is 0 Å². The fourth-order valence-corrected chi connectivity index (χ4v) is 0.453. The number of nitrogen functional groups attached to an aromatic ring is 1. The SMILES string of the molecule is CCCC.Nc1ccccc1. The molecule has 0 amide bonds. The van der Waals surface area contributed by atoms with Gasteiger partial charge in [0, 0.05) is 5.69 Å². The number of nitrogens with two attached hydrogens (primary N) is 1. The third-order valence-corrected chi connectivity index (χ3v) is 1.30. The highest BCUT2D eigenvalue weighted by Gasteiger charge is 1.72. The number of hydrogen-bond acceptors (Lipinski definition) is 1. The highest BCUT2D eigenvalue weighted by atomic mass is 14.5. The Morgan fingerprint density at radius 2 is 1.45 bits per heavy atom. The minimum absolute atomic E-state index is 0.822. The Balaban J connectivity index is 0.000000218. The fourth-order valence-electron chi connectivity index (χ4n) is 0.453. The molecule has 0 aliphatic heterocycles. The van der Waals surface area contributed by atoms with Crippen LogP contribution in [0.25, 0.3) is 0 Å². The van der Waals surface area contributed by atoms with Gasteiger partial charge in [-0.25, -0.2) is 0 Å². The molecule has 0 aliphatic carbocycles. The van der Waals surface area contributed by atoms with Gasteiger partial charge in [0.05, 0.1) is 0 Å². The van der Waals surface area contributed by atoms with Crippen LogP contribution in [-0.2, 0) is 0 Å². The molecule has 0 aromatic heterocycles. The van der Waals surface area contributed by atoms with Gasteiger partial charge in [0.1, 0.15) is 0 Å². The van der Waals surface area contributed by atoms with E-state index < -0.39 is 0 Å². The Morgan fingerprint density at radius 1 is 1.00 bits per heavy atom. The summed E-state index contributed by atoms with van der Waals surface area (Å²) < 4.78 is 0. The van der Waals surface area contributed by atoms with E-state index in [4.69, 9.17) is 5.73 Å². The van der Waals surface area contributed by atoms with Gasteiger partial charge in [-0.1, -0.05) is 44.9 Å². The second-order valence-electron chi connectivity index (χ2n) is 2.41. The normalized spacial score (nSPS) is 8.18. The Hall–Kier alpha value is -0.980. The van der Waals surface area contributed by atoms with Crippen LogP contribution in [-0.4, -0.2) is 0 Å². The number of unbranched alkanes of at least 4 members (excludes halogenated alkanes) is 1. The van der Waals surface area contributed by atoms with E-state index in [2.05, 4.69) is 13.8 Å². The van der Waals surface area contributed by atoms with Crippen molar-refractivity contribution in [1.29, 1.82) is 0 Å². The predicted molar refractivity (Wildman–Crippen MR) is 51.4 cm³/mol. The van der Waals surface area contributed by atoms with E-state index >= 15 is 0 Å². The van der Waals surface area contributed by atoms with Gasteiger partial charge in [-0.05, 0) is 12.1 Å². The number of para-hydroxylation sites is 1. The van der Waals surface area contributed by atoms with Crippen molar-refractivity contribution in [2.24, 2.45) is 0 Å². The Kier molecular flexibility index (Phi) is 6.50. The third kappa shape index (κ3) is 6.91. The molecule has 1 aromatic carbocycles. The molecular weight excluding hydrogens is 134 g/mol. The van der Waals surface area contributed by atoms with Gasteiger partial charge in [0.25, 0.3) is 0 Å². The molecular formula is C10H17N. The lowest BCUT2D eigenvalue weighted by Crippen LogP contribution is -1.79. The molecule has 62 valence electrons. The van der Waals surface area contributed by atoms with Gasteiger partial charge in [-0.3, -0.25) is 0 Å². The van der Waals surface area contributed by atoms with Crippen molar-refractivity contribution in [3.05, 3.63) is 30.3 Å². The van der Waals surface area contributed by atoms with Crippen molar-refractivity contribution in [2.45, 2.75) is 26.7 Å². The van der Waals surface area contributed by atoms with Crippen LogP contribution in [0, 0.1) is 0 Å². The van der Waals surface area contributed by atoms with Crippen molar-refractivity contribution in [3.63, 3.8) is 0 Å². The van der Waals surface area contributed by atoms with Crippen LogP contribution in [0.3, 0.4) is 0 Å². The first-order valence-electron chi connectivity index (χ1n) is 4.11. The van der Waals surface area contributed by atoms with Crippen LogP contribution < -0.4 is 5.73 Å². The summed E-state index contributed by atoms with van der Waals surface area (Å²) in [4.78, 5) is 0. The molecule has 0 spiro atoms. The largest absolute Gasteiger partial charge is 0.399 e. The van der Waals surface area contributed by atoms with Crippen LogP contribution in [0.1, 0.15) is 26.7 Å². The molecule has 0 unspecified atom stereocenters. The topological polar surface area (TPSA) is 26.0 Å². The fraction of sp³-hybridized carbons (Fsp3) is 0.400. The molecule has 1 nitrogen and oxygen atoms in total. The summed E-state index contributed by atoms with van der Waals surface area (Å²) >= 11 is 0. The average molecular weight is 151 g/mol. The zero-order valence-corrected chi connectivity index (χ0v) is 7.38. The van der Waals surface area contributed by atoms with E-state index in [1.807, 2.05) is 30.3 Å². The van der Waals surface area contributed by atoms with Crippen LogP contribution in [0.5, 0.6) is 0 Å². The first kappa shape index (κ1) is 10.0. The van der Waals surface area contributed by atoms with Crippen molar-refractivity contribution in [3.8, 4) is 0 Å². The lowest BCUT2D eigenvalue weighted by Gasteiger charge is -1.83. The van der Waals surface area contributed by atoms with Gasteiger partial charge in [0.2, 0.25) is 0 Å². The standard InChI is InChI=1S/C6H7N.C4H10/c7-6-4-2-1-3-5-6;1-3-4-2/h1-5H,7H2;3-4H2,1-2H3. The highest BCUT2D eigenvalue weighted by Crippen LogP contribution is 1.95. The van der Waals surface area contributed by atoms with Crippen LogP contribution in [0.4, 0.5) is 5.69 Å². The summed E-state index contributed by atoms with van der Waals surface area (Å²) in [5.74, 6) is 0. The maximum Gasteiger partial charge on any atom is 0.0313 e. The highest BCUT2D eigenvalue weighted by molar-refractivity contribution is 5.35. The Bertz CT molecular complexity index is 156. The quantitative estimate of drug-likeness (QED) is 0.613. The molecule has 0 aliphatic rings. The van der Waals surface area contributed by atoms with Crippen molar-refractivity contribution in [2.75, 3.05) is 5.73 Å². The molecule has 11 heavy (non-hydrogen) atoms. The number of rotatable bonds is 1. The molecule has 0 fully saturated rings. The van der Waals surface area contributed by atoms with Crippen molar-refractivity contribution in [1.82, 2.24) is 0 Å². The first-order valence-corrected chi connectivity index (χ1v) is 4.11. The molecule has 0 bridgehead atoms. The van der Waals surface area contributed by atoms with Crippen LogP contribution in [0.15, 0.2) is 30.3 Å². The molecule has 0 heterocycles. The third-order valence-electron chi connectivity index (χ3n) is 1.30. The van der Waals surface area contributed by atoms with Gasteiger partial charge in [-0.2, -0.15) is 0 Å². The summed E-state index contributed by atoms with van der Waals surface area (Å²) in [6.45, 7) is 4.36. The molecule has 1 rings (SSSR count). The summed E-state index contributed by atoms with van der Waals surface area (Å²) in [5, 5.41) is 0. The van der Waals surface area contributed by atoms with Gasteiger partial charge < -0.3 is 5.73 Å². The van der Waals surface area contributed by atoms with E-state index in [1.165, 1.54) is 12.8 Å². The summed E-state index contributed by atoms with van der Waals surface area (Å²) in [6.07, 6.45) is 2.64. The minimum Gasteiger partial charge on any atom is -0.399 e. The summed E-state index contributed by atoms with van der Waals surface area (Å²) in [5.41, 5.74) is 6.18. The monoisotopic (exact) mass is 151 g/mol. The van der Waals surface area contributed by atoms with E-state index in [0.29, 0.717) is 0 Å². The second kappa shape index (κ2) is 7.13. The number of hydrogen-bond donors (Lipinski definition) is 1. The minimum atomic E-state index is 0.822. The van der Waals surface area contributed by atoms with Crippen molar-refractivity contribution >= 4 is 5.69 Å². The zero-order valence-electron chi connectivity index (χ0n) is 7.38. The van der Waals surface area contributed by atoms with Gasteiger partial charge >= 0.3 is 0 Å². The maximum atomic E-state index is 5.36. The van der Waals surface area contributed by atoms with E-state index in [1.54, 1.807) is 0 Å². The lowest BCUT2D eigenvalue weighted by molar-refractivity contribution is 0.886. The smallest absolute Gasteiger partial charge is 0.0313 e. The number of benzene rings is 1. The molecule has 0 saturated heterocycles. The van der Waals surface area contributed by atoms with Crippen LogP contribution in [0.2, 0.25) is 0 Å². The maximum absolute atomic E-state index is 5.36. The second-order valence-corrected chi connectivity index (χ2v) is 2.41. The molecule has 0 saturated carbocycles. The molecule has 1 aromatic rings. The number of anilines is 1. The van der Waals surface area contributed by atoms with E-state index in [-0.39, 0.29) is 0 Å². The Morgan fingerprint density at radius 3 is 1.64 bits per heavy atom. The molecule has 0 atom stereocenters. The summed E-state index contributed by atoms with van der Waals surface area (Å²) in [7, 11) is 0. The van der Waals surface area contributed by atoms with E-state index in [9.17, 15) is 0 Å². The average Bonchev–Trinajstić information content (AvgIpc) is 2.07. The zero-order chi connectivity index (χ0) is 8.53. The Labute approximate surface area is 69.2 Å². The van der Waals surface area contributed by atoms with Gasteiger partial charge in [0.15, 0.2) is 0 Å². The lowest BCUT2D eigenvalue weighted by atomic mass is 10.3. The molecule has 2 N–H and O–H groups in total. The van der Waals surface area contributed by atoms with E-state index in [0.717, 1.165) is 5.69 Å². The van der Waals surface area contributed by atoms with Gasteiger partial charge in [-0.15, -0.1) is 0 Å². The molecule has 0 radical (unpaired) electrons. The van der Waals surface area contributed by atoms with Crippen LogP contribution >= 0.6 is 0 Å². The molecule has 1 heteroatoms.